The number of aliphatic carboxylic acids is 1. The molecule has 1 atom stereocenters. The largest absolute Gasteiger partial charge is 0.478 e. The Labute approximate surface area is 68.1 Å². The fourth-order valence-electron chi connectivity index (χ4n) is 0.926. The molecule has 1 aliphatic rings. The van der Waals surface area contributed by atoms with Crippen molar-refractivity contribution in [3.63, 3.8) is 0 Å². The predicted molar refractivity (Wildman–Crippen MR) is 36.4 cm³/mol. The predicted octanol–water partition coefficient (Wildman–Crippen LogP) is 0.386. The summed E-state index contributed by atoms with van der Waals surface area (Å²) in [5.74, 6) is -1.85. The third kappa shape index (κ3) is 1.30. The van der Waals surface area contributed by atoms with E-state index in [0.717, 1.165) is 0 Å². The Bertz CT molecular complexity index is 203. The van der Waals surface area contributed by atoms with E-state index in [4.69, 9.17) is 16.7 Å². The molecule has 0 radical (unpaired) electrons. The van der Waals surface area contributed by atoms with Crippen molar-refractivity contribution in [1.29, 1.82) is 0 Å². The zero-order valence-corrected chi connectivity index (χ0v) is 6.43. The van der Waals surface area contributed by atoms with Gasteiger partial charge in [-0.3, -0.25) is 4.79 Å². The van der Waals surface area contributed by atoms with Crippen LogP contribution in [0.5, 0.6) is 0 Å². The molecule has 0 unspecified atom stereocenters. The van der Waals surface area contributed by atoms with Crippen LogP contribution in [-0.4, -0.2) is 28.5 Å². The number of carbonyl (C=O) groups excluding carboxylic acids is 1. The Hall–Kier alpha value is -0.770. The van der Waals surface area contributed by atoms with Crippen molar-refractivity contribution in [1.82, 2.24) is 0 Å². The van der Waals surface area contributed by atoms with E-state index >= 15 is 0 Å². The summed E-state index contributed by atoms with van der Waals surface area (Å²) < 4.78 is 4.59. The van der Waals surface area contributed by atoms with Gasteiger partial charge in [0.2, 0.25) is 5.60 Å². The molecule has 1 rings (SSSR count). The molecule has 4 nitrogen and oxygen atoms in total. The second-order valence-electron chi connectivity index (χ2n) is 2.41. The zero-order chi connectivity index (χ0) is 8.48. The van der Waals surface area contributed by atoms with E-state index in [-0.39, 0.29) is 18.7 Å². The second-order valence-corrected chi connectivity index (χ2v) is 2.67. The molecular weight excluding hydrogens is 172 g/mol. The van der Waals surface area contributed by atoms with Gasteiger partial charge in [0, 0.05) is 12.8 Å². The molecule has 62 valence electrons. The van der Waals surface area contributed by atoms with E-state index in [2.05, 4.69) is 4.74 Å². The van der Waals surface area contributed by atoms with E-state index < -0.39 is 17.5 Å². The van der Waals surface area contributed by atoms with Crippen LogP contribution in [0.4, 0.5) is 0 Å². The van der Waals surface area contributed by atoms with Crippen molar-refractivity contribution in [3.05, 3.63) is 0 Å². The molecule has 1 N–H and O–H groups in total. The van der Waals surface area contributed by atoms with Crippen LogP contribution < -0.4 is 0 Å². The van der Waals surface area contributed by atoms with Crippen molar-refractivity contribution in [3.8, 4) is 0 Å². The van der Waals surface area contributed by atoms with Crippen LogP contribution in [0, 0.1) is 0 Å². The number of carboxylic acids is 1. The van der Waals surface area contributed by atoms with Gasteiger partial charge in [0.15, 0.2) is 0 Å². The normalized spacial score (nSPS) is 30.1. The molecule has 0 aromatic carbocycles. The molecule has 0 aromatic rings. The molecule has 0 bridgehead atoms. The number of hydrogen-bond acceptors (Lipinski definition) is 3. The summed E-state index contributed by atoms with van der Waals surface area (Å²) in [6.45, 7) is 0. The Balaban J connectivity index is 2.78. The first kappa shape index (κ1) is 8.33. The second kappa shape index (κ2) is 2.70. The van der Waals surface area contributed by atoms with Crippen LogP contribution in [0.1, 0.15) is 12.8 Å². The van der Waals surface area contributed by atoms with Crippen LogP contribution in [0.2, 0.25) is 0 Å². The molecule has 1 fully saturated rings. The number of ether oxygens (including phenoxy) is 1. The molecule has 1 heterocycles. The van der Waals surface area contributed by atoms with Crippen LogP contribution in [-0.2, 0) is 14.3 Å². The topological polar surface area (TPSA) is 63.6 Å². The number of alkyl halides is 1. The van der Waals surface area contributed by atoms with Crippen LogP contribution in [0.25, 0.3) is 0 Å². The zero-order valence-electron chi connectivity index (χ0n) is 5.67. The smallest absolute Gasteiger partial charge is 0.349 e. The Morgan fingerprint density at radius 1 is 1.82 bits per heavy atom. The van der Waals surface area contributed by atoms with E-state index in [1.165, 1.54) is 0 Å². The fraction of sp³-hybridized carbons (Fsp3) is 0.667. The Morgan fingerprint density at radius 2 is 2.45 bits per heavy atom. The van der Waals surface area contributed by atoms with Gasteiger partial charge in [-0.2, -0.15) is 0 Å². The minimum absolute atomic E-state index is 0.138. The SMILES string of the molecule is O=C1CC[C@](CCl)(C(=O)O)O1. The van der Waals surface area contributed by atoms with Crippen molar-refractivity contribution in [2.24, 2.45) is 0 Å². The average molecular weight is 179 g/mol. The number of hydrogen-bond donors (Lipinski definition) is 1. The lowest BCUT2D eigenvalue weighted by molar-refractivity contribution is -0.167. The van der Waals surface area contributed by atoms with E-state index in [9.17, 15) is 9.59 Å². The van der Waals surface area contributed by atoms with Gasteiger partial charge in [0.25, 0.3) is 0 Å². The molecule has 1 saturated heterocycles. The molecular formula is C6H7ClO4. The number of esters is 1. The molecule has 0 spiro atoms. The van der Waals surface area contributed by atoms with Gasteiger partial charge in [0.05, 0.1) is 5.88 Å². The van der Waals surface area contributed by atoms with Gasteiger partial charge in [-0.25, -0.2) is 4.79 Å². The summed E-state index contributed by atoms with van der Waals surface area (Å²) in [7, 11) is 0. The summed E-state index contributed by atoms with van der Waals surface area (Å²) >= 11 is 5.37. The first-order valence-corrected chi connectivity index (χ1v) is 3.65. The molecule has 11 heavy (non-hydrogen) atoms. The standard InChI is InChI=1S/C6H7ClO4/c7-3-6(5(9)10)2-1-4(8)11-6/h1-3H2,(H,9,10)/t6-/m0/s1. The van der Waals surface area contributed by atoms with Crippen molar-refractivity contribution in [2.75, 3.05) is 5.88 Å². The van der Waals surface area contributed by atoms with E-state index in [0.29, 0.717) is 0 Å². The quantitative estimate of drug-likeness (QED) is 0.491. The third-order valence-corrected chi connectivity index (χ3v) is 2.08. The number of halogens is 1. The number of cyclic esters (lactones) is 1. The first-order valence-electron chi connectivity index (χ1n) is 3.12. The molecule has 5 heteroatoms. The third-order valence-electron chi connectivity index (χ3n) is 1.65. The molecule has 1 aliphatic heterocycles. The van der Waals surface area contributed by atoms with Crippen LogP contribution in [0.3, 0.4) is 0 Å². The van der Waals surface area contributed by atoms with Crippen molar-refractivity contribution in [2.45, 2.75) is 18.4 Å². The lowest BCUT2D eigenvalue weighted by Gasteiger charge is -2.18. The first-order chi connectivity index (χ1) is 5.10. The van der Waals surface area contributed by atoms with Gasteiger partial charge in [-0.1, -0.05) is 0 Å². The molecule has 0 amide bonds. The van der Waals surface area contributed by atoms with Gasteiger partial charge < -0.3 is 9.84 Å². The summed E-state index contributed by atoms with van der Waals surface area (Å²) in [4.78, 5) is 21.1. The van der Waals surface area contributed by atoms with Crippen LogP contribution >= 0.6 is 11.6 Å². The average Bonchev–Trinajstić information content (AvgIpc) is 2.33. The molecule has 0 saturated carbocycles. The number of rotatable bonds is 2. The van der Waals surface area contributed by atoms with E-state index in [1.54, 1.807) is 0 Å². The molecule has 0 aliphatic carbocycles. The Kier molecular flexibility index (Phi) is 2.04. The summed E-state index contributed by atoms with van der Waals surface area (Å²) in [6.07, 6.45) is 0.309. The minimum Gasteiger partial charge on any atom is -0.478 e. The monoisotopic (exact) mass is 178 g/mol. The van der Waals surface area contributed by atoms with Crippen molar-refractivity contribution < 1.29 is 19.4 Å². The lowest BCUT2D eigenvalue weighted by atomic mass is 10.0. The van der Waals surface area contributed by atoms with Crippen molar-refractivity contribution >= 4 is 23.5 Å². The van der Waals surface area contributed by atoms with Gasteiger partial charge in [-0.05, 0) is 0 Å². The van der Waals surface area contributed by atoms with Gasteiger partial charge >= 0.3 is 11.9 Å². The van der Waals surface area contributed by atoms with Gasteiger partial charge in [-0.15, -0.1) is 11.6 Å². The summed E-state index contributed by atoms with van der Waals surface area (Å²) in [5, 5.41) is 8.62. The number of carboxylic acid groups (broad SMARTS) is 1. The highest BCUT2D eigenvalue weighted by molar-refractivity contribution is 6.20. The highest BCUT2D eigenvalue weighted by Crippen LogP contribution is 2.28. The highest BCUT2D eigenvalue weighted by Gasteiger charge is 2.46. The lowest BCUT2D eigenvalue weighted by Crippen LogP contribution is -2.40. The minimum atomic E-state index is -1.46. The highest BCUT2D eigenvalue weighted by atomic mass is 35.5. The van der Waals surface area contributed by atoms with E-state index in [1.807, 2.05) is 0 Å². The van der Waals surface area contributed by atoms with Crippen LogP contribution in [0.15, 0.2) is 0 Å². The Morgan fingerprint density at radius 3 is 2.64 bits per heavy atom. The fourth-order valence-corrected chi connectivity index (χ4v) is 1.23. The molecule has 0 aromatic heterocycles. The van der Waals surface area contributed by atoms with Gasteiger partial charge in [0.1, 0.15) is 0 Å². The summed E-state index contributed by atoms with van der Waals surface area (Å²) in [6, 6.07) is 0. The maximum absolute atomic E-state index is 10.6. The summed E-state index contributed by atoms with van der Waals surface area (Å²) in [5.41, 5.74) is -1.46. The number of carbonyl (C=O) groups is 2. The maximum atomic E-state index is 10.6. The maximum Gasteiger partial charge on any atom is 0.349 e.